The fourth-order valence-corrected chi connectivity index (χ4v) is 4.61. The van der Waals surface area contributed by atoms with Gasteiger partial charge in [0.1, 0.15) is 0 Å². The van der Waals surface area contributed by atoms with Crippen LogP contribution < -0.4 is 5.32 Å². The van der Waals surface area contributed by atoms with E-state index in [4.69, 9.17) is 0 Å². The summed E-state index contributed by atoms with van der Waals surface area (Å²) in [6.07, 6.45) is 0. The summed E-state index contributed by atoms with van der Waals surface area (Å²) in [5.74, 6) is 0.959. The lowest BCUT2D eigenvalue weighted by molar-refractivity contribution is -0.113. The molecule has 0 aliphatic carbocycles. The van der Waals surface area contributed by atoms with Crippen LogP contribution >= 0.6 is 34.4 Å². The fourth-order valence-electron chi connectivity index (χ4n) is 2.27. The summed E-state index contributed by atoms with van der Waals surface area (Å²) in [4.78, 5) is 17.7. The van der Waals surface area contributed by atoms with Crippen LogP contribution in [0, 0.1) is 0 Å². The Balaban J connectivity index is 1.40. The Morgan fingerprint density at radius 3 is 2.92 bits per heavy atom. The van der Waals surface area contributed by atoms with Crippen LogP contribution in [0.5, 0.6) is 0 Å². The second-order valence-corrected chi connectivity index (χ2v) is 8.09. The van der Waals surface area contributed by atoms with Crippen molar-refractivity contribution in [3.63, 3.8) is 0 Å². The molecule has 3 heterocycles. The second-order valence-electron chi connectivity index (χ2n) is 5.17. The molecule has 1 aromatic carbocycles. The van der Waals surface area contributed by atoms with Crippen molar-refractivity contribution in [2.75, 3.05) is 11.1 Å². The number of thioether (sulfide) groups is 1. The minimum Gasteiger partial charge on any atom is -0.304 e. The fraction of sp³-hybridized carbons (Fsp3) is 0.125. The first kappa shape index (κ1) is 16.2. The summed E-state index contributed by atoms with van der Waals surface area (Å²) in [6.45, 7) is 0. The summed E-state index contributed by atoms with van der Waals surface area (Å²) < 4.78 is 2.96. The van der Waals surface area contributed by atoms with Gasteiger partial charge in [-0.05, 0) is 23.6 Å². The number of thiazole rings is 1. The highest BCUT2D eigenvalue weighted by Gasteiger charge is 2.14. The Labute approximate surface area is 155 Å². The Morgan fingerprint density at radius 1 is 1.24 bits per heavy atom. The van der Waals surface area contributed by atoms with Gasteiger partial charge in [-0.15, -0.1) is 21.5 Å². The molecule has 0 aliphatic heterocycles. The Hall–Kier alpha value is -2.23. The van der Waals surface area contributed by atoms with Gasteiger partial charge in [0.15, 0.2) is 16.1 Å². The SMILES string of the molecule is Cn1c(SCC(=O)Nc2nc3ccccc3s2)nnc1-c1cccs1. The number of nitrogens with zero attached hydrogens (tertiary/aromatic N) is 4. The number of anilines is 1. The van der Waals surface area contributed by atoms with Gasteiger partial charge in [-0.2, -0.15) is 0 Å². The number of carbonyl (C=O) groups excluding carboxylic acids is 1. The third kappa shape index (κ3) is 3.44. The van der Waals surface area contributed by atoms with Crippen LogP contribution in [-0.2, 0) is 11.8 Å². The van der Waals surface area contributed by atoms with Gasteiger partial charge in [-0.25, -0.2) is 4.98 Å². The molecule has 0 aliphatic rings. The Morgan fingerprint density at radius 2 is 2.12 bits per heavy atom. The molecule has 0 saturated carbocycles. The number of para-hydroxylation sites is 1. The molecular weight excluding hydrogens is 374 g/mol. The third-order valence-corrected chi connectivity index (χ3v) is 6.29. The number of hydrogen-bond acceptors (Lipinski definition) is 7. The lowest BCUT2D eigenvalue weighted by Gasteiger charge is -2.02. The highest BCUT2D eigenvalue weighted by molar-refractivity contribution is 7.99. The van der Waals surface area contributed by atoms with Crippen LogP contribution in [0.1, 0.15) is 0 Å². The predicted octanol–water partition coefficient (Wildman–Crippen LogP) is 3.88. The summed E-state index contributed by atoms with van der Waals surface area (Å²) in [6, 6.07) is 11.8. The van der Waals surface area contributed by atoms with Crippen LogP contribution in [0.4, 0.5) is 5.13 Å². The van der Waals surface area contributed by atoms with Gasteiger partial charge in [0.2, 0.25) is 5.91 Å². The number of amides is 1. The Bertz CT molecular complexity index is 989. The van der Waals surface area contributed by atoms with E-state index in [9.17, 15) is 4.79 Å². The second kappa shape index (κ2) is 6.95. The molecule has 0 unspecified atom stereocenters. The van der Waals surface area contributed by atoms with Crippen molar-refractivity contribution in [1.29, 1.82) is 0 Å². The van der Waals surface area contributed by atoms with Gasteiger partial charge in [0.25, 0.3) is 0 Å². The smallest absolute Gasteiger partial charge is 0.236 e. The highest BCUT2D eigenvalue weighted by atomic mass is 32.2. The zero-order valence-corrected chi connectivity index (χ0v) is 15.6. The Kier molecular flexibility index (Phi) is 4.51. The summed E-state index contributed by atoms with van der Waals surface area (Å²) in [7, 11) is 1.91. The van der Waals surface area contributed by atoms with Gasteiger partial charge >= 0.3 is 0 Å². The lowest BCUT2D eigenvalue weighted by atomic mass is 10.3. The van der Waals surface area contributed by atoms with E-state index in [1.165, 1.54) is 23.1 Å². The molecule has 9 heteroatoms. The van der Waals surface area contributed by atoms with E-state index in [0.717, 1.165) is 20.9 Å². The van der Waals surface area contributed by atoms with E-state index in [1.54, 1.807) is 11.3 Å². The number of hydrogen-bond donors (Lipinski definition) is 1. The number of rotatable bonds is 5. The average molecular weight is 388 g/mol. The highest BCUT2D eigenvalue weighted by Crippen LogP contribution is 2.27. The van der Waals surface area contributed by atoms with Crippen molar-refractivity contribution in [2.24, 2.45) is 7.05 Å². The molecule has 0 bridgehead atoms. The third-order valence-electron chi connectivity index (χ3n) is 3.45. The van der Waals surface area contributed by atoms with Crippen molar-refractivity contribution in [3.8, 4) is 10.7 Å². The molecule has 0 atom stereocenters. The summed E-state index contributed by atoms with van der Waals surface area (Å²) in [5, 5.41) is 14.6. The van der Waals surface area contributed by atoms with E-state index in [1.807, 2.05) is 53.4 Å². The number of nitrogens with one attached hydrogen (secondary N) is 1. The van der Waals surface area contributed by atoms with Crippen LogP contribution in [0.15, 0.2) is 46.9 Å². The van der Waals surface area contributed by atoms with E-state index in [0.29, 0.717) is 10.3 Å². The van der Waals surface area contributed by atoms with E-state index in [-0.39, 0.29) is 11.7 Å². The predicted molar refractivity (Wildman–Crippen MR) is 103 cm³/mol. The van der Waals surface area contributed by atoms with Crippen molar-refractivity contribution in [2.45, 2.75) is 5.16 Å². The van der Waals surface area contributed by atoms with Gasteiger partial charge in [0, 0.05) is 7.05 Å². The van der Waals surface area contributed by atoms with Gasteiger partial charge in [0.05, 0.1) is 20.8 Å². The molecule has 1 N–H and O–H groups in total. The molecule has 25 heavy (non-hydrogen) atoms. The minimum absolute atomic E-state index is 0.107. The maximum Gasteiger partial charge on any atom is 0.236 e. The van der Waals surface area contributed by atoms with Crippen LogP contribution in [0.25, 0.3) is 20.9 Å². The first-order valence-corrected chi connectivity index (χ1v) is 10.1. The summed E-state index contributed by atoms with van der Waals surface area (Å²) in [5.41, 5.74) is 0.893. The quantitative estimate of drug-likeness (QED) is 0.526. The molecule has 0 fully saturated rings. The molecule has 126 valence electrons. The molecule has 4 aromatic rings. The van der Waals surface area contributed by atoms with E-state index in [2.05, 4.69) is 20.5 Å². The van der Waals surface area contributed by atoms with Crippen molar-refractivity contribution in [1.82, 2.24) is 19.7 Å². The van der Waals surface area contributed by atoms with Crippen molar-refractivity contribution >= 4 is 55.7 Å². The maximum absolute atomic E-state index is 12.2. The lowest BCUT2D eigenvalue weighted by Crippen LogP contribution is -2.14. The average Bonchev–Trinajstić information content (AvgIpc) is 3.32. The first-order valence-electron chi connectivity index (χ1n) is 7.42. The molecule has 0 radical (unpaired) electrons. The molecule has 3 aromatic heterocycles. The number of thiophene rings is 1. The number of carbonyl (C=O) groups is 1. The van der Waals surface area contributed by atoms with Gasteiger partial charge in [-0.3, -0.25) is 4.79 Å². The number of fused-ring (bicyclic) bond motifs is 1. The first-order chi connectivity index (χ1) is 12.2. The molecular formula is C16H13N5OS3. The molecule has 1 amide bonds. The van der Waals surface area contributed by atoms with Crippen LogP contribution in [0.2, 0.25) is 0 Å². The number of benzene rings is 1. The molecule has 0 saturated heterocycles. The topological polar surface area (TPSA) is 72.7 Å². The zero-order valence-electron chi connectivity index (χ0n) is 13.2. The van der Waals surface area contributed by atoms with Crippen LogP contribution in [-0.4, -0.2) is 31.4 Å². The van der Waals surface area contributed by atoms with Crippen LogP contribution in [0.3, 0.4) is 0 Å². The number of aromatic nitrogens is 4. The van der Waals surface area contributed by atoms with E-state index < -0.39 is 0 Å². The molecule has 0 spiro atoms. The maximum atomic E-state index is 12.2. The summed E-state index contributed by atoms with van der Waals surface area (Å²) >= 11 is 4.44. The molecule has 4 rings (SSSR count). The monoisotopic (exact) mass is 387 g/mol. The largest absolute Gasteiger partial charge is 0.304 e. The van der Waals surface area contributed by atoms with Gasteiger partial charge < -0.3 is 9.88 Å². The molecule has 6 nitrogen and oxygen atoms in total. The normalized spacial score (nSPS) is 11.1. The zero-order chi connectivity index (χ0) is 17.2. The van der Waals surface area contributed by atoms with E-state index >= 15 is 0 Å². The minimum atomic E-state index is -0.107. The van der Waals surface area contributed by atoms with Crippen molar-refractivity contribution in [3.05, 3.63) is 41.8 Å². The standard InChI is InChI=1S/C16H13N5OS3/c1-21-14(12-7-4-8-23-12)19-20-16(21)24-9-13(22)18-15-17-10-5-2-3-6-11(10)25-15/h2-8H,9H2,1H3,(H,17,18,22). The van der Waals surface area contributed by atoms with Crippen molar-refractivity contribution < 1.29 is 4.79 Å². The van der Waals surface area contributed by atoms with Gasteiger partial charge in [-0.1, -0.05) is 41.3 Å².